The molecule has 1 aromatic carbocycles. The lowest BCUT2D eigenvalue weighted by atomic mass is 9.87. The van der Waals surface area contributed by atoms with Crippen molar-refractivity contribution in [1.82, 2.24) is 15.1 Å². The fourth-order valence-electron chi connectivity index (χ4n) is 3.47. The van der Waals surface area contributed by atoms with Crippen molar-refractivity contribution in [2.45, 2.75) is 26.4 Å². The Morgan fingerprint density at radius 1 is 1.27 bits per heavy atom. The highest BCUT2D eigenvalue weighted by atomic mass is 16.2. The molecule has 0 saturated carbocycles. The third kappa shape index (κ3) is 3.33. The van der Waals surface area contributed by atoms with Crippen LogP contribution in [0.4, 0.5) is 0 Å². The van der Waals surface area contributed by atoms with Gasteiger partial charge in [0.25, 0.3) is 0 Å². The molecule has 1 unspecified atom stereocenters. The van der Waals surface area contributed by atoms with Crippen LogP contribution in [-0.2, 0) is 11.3 Å². The molecule has 2 atom stereocenters. The minimum atomic E-state index is 0.157. The lowest BCUT2D eigenvalue weighted by Crippen LogP contribution is -2.57. The molecule has 2 aliphatic rings. The summed E-state index contributed by atoms with van der Waals surface area (Å²) in [5.41, 5.74) is 1.35. The number of carbonyl (C=O) groups excluding carboxylic acids is 1. The van der Waals surface area contributed by atoms with E-state index in [0.29, 0.717) is 17.9 Å². The highest BCUT2D eigenvalue weighted by molar-refractivity contribution is 5.79. The number of hydrogen-bond acceptors (Lipinski definition) is 3. The molecule has 2 aliphatic heterocycles. The maximum Gasteiger partial charge on any atom is 0.226 e. The molecule has 2 heterocycles. The zero-order valence-corrected chi connectivity index (χ0v) is 13.7. The predicted molar refractivity (Wildman–Crippen MR) is 88.4 cm³/mol. The zero-order valence-electron chi connectivity index (χ0n) is 13.7. The Kier molecular flexibility index (Phi) is 4.79. The summed E-state index contributed by atoms with van der Waals surface area (Å²) < 4.78 is 0. The zero-order chi connectivity index (χ0) is 15.5. The second-order valence-corrected chi connectivity index (χ2v) is 6.81. The lowest BCUT2D eigenvalue weighted by molar-refractivity contribution is -0.142. The van der Waals surface area contributed by atoms with Crippen molar-refractivity contribution in [2.24, 2.45) is 11.8 Å². The third-order valence-electron chi connectivity index (χ3n) is 5.15. The number of nitrogens with zero attached hydrogens (tertiary/aromatic N) is 2. The molecule has 4 heteroatoms. The van der Waals surface area contributed by atoms with Crippen LogP contribution in [0.2, 0.25) is 0 Å². The number of benzene rings is 1. The van der Waals surface area contributed by atoms with E-state index in [-0.39, 0.29) is 5.92 Å². The second kappa shape index (κ2) is 6.80. The van der Waals surface area contributed by atoms with Crippen molar-refractivity contribution < 1.29 is 4.79 Å². The summed E-state index contributed by atoms with van der Waals surface area (Å²) in [4.78, 5) is 17.2. The van der Waals surface area contributed by atoms with E-state index in [0.717, 1.165) is 39.3 Å². The van der Waals surface area contributed by atoms with Crippen LogP contribution in [0, 0.1) is 11.8 Å². The summed E-state index contributed by atoms with van der Waals surface area (Å²) in [5.74, 6) is 1.03. The summed E-state index contributed by atoms with van der Waals surface area (Å²) in [6.45, 7) is 10.0. The first-order chi connectivity index (χ1) is 10.6. The van der Waals surface area contributed by atoms with Crippen molar-refractivity contribution in [3.63, 3.8) is 0 Å². The largest absolute Gasteiger partial charge is 0.337 e. The van der Waals surface area contributed by atoms with Gasteiger partial charge in [0.1, 0.15) is 0 Å². The van der Waals surface area contributed by atoms with Gasteiger partial charge in [-0.15, -0.1) is 0 Å². The van der Waals surface area contributed by atoms with Gasteiger partial charge in [0, 0.05) is 38.1 Å². The van der Waals surface area contributed by atoms with E-state index in [9.17, 15) is 4.79 Å². The van der Waals surface area contributed by atoms with E-state index in [1.165, 1.54) is 5.56 Å². The minimum absolute atomic E-state index is 0.157. The monoisotopic (exact) mass is 301 g/mol. The normalized spacial score (nSPS) is 24.8. The van der Waals surface area contributed by atoms with Gasteiger partial charge < -0.3 is 10.2 Å². The Bertz CT molecular complexity index is 500. The van der Waals surface area contributed by atoms with Crippen LogP contribution in [-0.4, -0.2) is 54.5 Å². The highest BCUT2D eigenvalue weighted by Gasteiger charge is 2.35. The molecule has 1 aromatic rings. The number of hydrogen-bond donors (Lipinski definition) is 1. The summed E-state index contributed by atoms with van der Waals surface area (Å²) >= 11 is 0. The molecule has 2 saturated heterocycles. The van der Waals surface area contributed by atoms with Gasteiger partial charge in [-0.3, -0.25) is 9.69 Å². The van der Waals surface area contributed by atoms with Crippen LogP contribution in [0.15, 0.2) is 30.3 Å². The smallest absolute Gasteiger partial charge is 0.226 e. The van der Waals surface area contributed by atoms with E-state index in [4.69, 9.17) is 0 Å². The number of rotatable bonds is 4. The summed E-state index contributed by atoms with van der Waals surface area (Å²) in [6.07, 6.45) is 0. The van der Waals surface area contributed by atoms with Crippen molar-refractivity contribution in [2.75, 3.05) is 32.7 Å². The summed E-state index contributed by atoms with van der Waals surface area (Å²) in [7, 11) is 0. The van der Waals surface area contributed by atoms with Crippen molar-refractivity contribution >= 4 is 5.91 Å². The SMILES string of the molecule is CC(C(=O)N1CCN(Cc2ccccc2)C[C@H]1C)C1CNC1. The average molecular weight is 301 g/mol. The van der Waals surface area contributed by atoms with Crippen LogP contribution < -0.4 is 5.32 Å². The molecule has 2 fully saturated rings. The van der Waals surface area contributed by atoms with Gasteiger partial charge in [0.15, 0.2) is 0 Å². The third-order valence-corrected chi connectivity index (χ3v) is 5.15. The molecule has 120 valence electrons. The number of nitrogens with one attached hydrogen (secondary N) is 1. The summed E-state index contributed by atoms with van der Waals surface area (Å²) in [5, 5.41) is 3.27. The fourth-order valence-corrected chi connectivity index (χ4v) is 3.47. The van der Waals surface area contributed by atoms with Gasteiger partial charge in [-0.05, 0) is 31.5 Å². The maximum atomic E-state index is 12.7. The van der Waals surface area contributed by atoms with Crippen LogP contribution >= 0.6 is 0 Å². The van der Waals surface area contributed by atoms with Gasteiger partial charge in [-0.2, -0.15) is 0 Å². The molecule has 1 amide bonds. The molecule has 0 spiro atoms. The van der Waals surface area contributed by atoms with Crippen LogP contribution in [0.3, 0.4) is 0 Å². The number of piperazine rings is 1. The Morgan fingerprint density at radius 3 is 2.59 bits per heavy atom. The lowest BCUT2D eigenvalue weighted by Gasteiger charge is -2.43. The van der Waals surface area contributed by atoms with Crippen LogP contribution in [0.25, 0.3) is 0 Å². The van der Waals surface area contributed by atoms with Crippen molar-refractivity contribution in [3.05, 3.63) is 35.9 Å². The van der Waals surface area contributed by atoms with E-state index in [1.807, 2.05) is 0 Å². The highest BCUT2D eigenvalue weighted by Crippen LogP contribution is 2.22. The van der Waals surface area contributed by atoms with E-state index < -0.39 is 0 Å². The van der Waals surface area contributed by atoms with Gasteiger partial charge in [0.05, 0.1) is 0 Å². The van der Waals surface area contributed by atoms with E-state index >= 15 is 0 Å². The second-order valence-electron chi connectivity index (χ2n) is 6.81. The standard InChI is InChI=1S/C18H27N3O/c1-14-12-20(13-16-6-4-3-5-7-16)8-9-21(14)18(22)15(2)17-10-19-11-17/h3-7,14-15,17,19H,8-13H2,1-2H3/t14-,15?/m1/s1. The average Bonchev–Trinajstić information content (AvgIpc) is 2.46. The molecule has 4 nitrogen and oxygen atoms in total. The molecule has 0 bridgehead atoms. The first-order valence-electron chi connectivity index (χ1n) is 8.42. The van der Waals surface area contributed by atoms with E-state index in [1.54, 1.807) is 0 Å². The van der Waals surface area contributed by atoms with Gasteiger partial charge in [-0.25, -0.2) is 0 Å². The number of amides is 1. The number of carbonyl (C=O) groups is 1. The molecule has 0 aromatic heterocycles. The Hall–Kier alpha value is -1.39. The molecular weight excluding hydrogens is 274 g/mol. The van der Waals surface area contributed by atoms with Crippen LogP contribution in [0.5, 0.6) is 0 Å². The van der Waals surface area contributed by atoms with Crippen molar-refractivity contribution in [1.29, 1.82) is 0 Å². The Labute approximate surface area is 133 Å². The summed E-state index contributed by atoms with van der Waals surface area (Å²) in [6, 6.07) is 10.9. The topological polar surface area (TPSA) is 35.6 Å². The molecule has 0 aliphatic carbocycles. The van der Waals surface area contributed by atoms with Gasteiger partial charge in [-0.1, -0.05) is 37.3 Å². The first kappa shape index (κ1) is 15.5. The Morgan fingerprint density at radius 2 is 2.00 bits per heavy atom. The van der Waals surface area contributed by atoms with Gasteiger partial charge >= 0.3 is 0 Å². The van der Waals surface area contributed by atoms with E-state index in [2.05, 4.69) is 59.3 Å². The predicted octanol–water partition coefficient (Wildman–Crippen LogP) is 1.57. The first-order valence-corrected chi connectivity index (χ1v) is 8.42. The Balaban J connectivity index is 1.54. The molecule has 0 radical (unpaired) electrons. The molecule has 3 rings (SSSR count). The molecular formula is C18H27N3O. The maximum absolute atomic E-state index is 12.7. The fraction of sp³-hybridized carbons (Fsp3) is 0.611. The van der Waals surface area contributed by atoms with Crippen molar-refractivity contribution in [3.8, 4) is 0 Å². The molecule has 1 N–H and O–H groups in total. The van der Waals surface area contributed by atoms with Gasteiger partial charge in [0.2, 0.25) is 5.91 Å². The van der Waals surface area contributed by atoms with Crippen LogP contribution in [0.1, 0.15) is 19.4 Å². The quantitative estimate of drug-likeness (QED) is 0.917. The molecule has 22 heavy (non-hydrogen) atoms. The minimum Gasteiger partial charge on any atom is -0.337 e.